The van der Waals surface area contributed by atoms with Crippen LogP contribution in [0.25, 0.3) is 0 Å². The maximum Gasteiger partial charge on any atom is 0.298 e. The van der Waals surface area contributed by atoms with Crippen LogP contribution in [0.4, 0.5) is 5.69 Å². The van der Waals surface area contributed by atoms with Crippen molar-refractivity contribution in [1.82, 2.24) is 4.90 Å². The van der Waals surface area contributed by atoms with Crippen molar-refractivity contribution in [3.63, 3.8) is 0 Å². The van der Waals surface area contributed by atoms with Crippen LogP contribution in [0.15, 0.2) is 24.3 Å². The van der Waals surface area contributed by atoms with E-state index in [1.54, 1.807) is 18.9 Å². The second kappa shape index (κ2) is 7.17. The fraction of sp³-hybridized carbons (Fsp3) is 0.500. The molecule has 3 nitrogen and oxygen atoms in total. The molecular formula is C18H24N2O. The Hall–Kier alpha value is -1.95. The van der Waals surface area contributed by atoms with Gasteiger partial charge in [0.1, 0.15) is 0 Å². The molecule has 0 aliphatic carbocycles. The predicted molar refractivity (Wildman–Crippen MR) is 87.0 cm³/mol. The van der Waals surface area contributed by atoms with E-state index in [-0.39, 0.29) is 5.91 Å². The number of hydrogen-bond acceptors (Lipinski definition) is 2. The second-order valence-electron chi connectivity index (χ2n) is 5.90. The maximum absolute atomic E-state index is 11.6. The molecule has 1 aromatic rings. The van der Waals surface area contributed by atoms with Crippen LogP contribution in [0.2, 0.25) is 0 Å². The summed E-state index contributed by atoms with van der Waals surface area (Å²) in [6, 6.07) is 8.55. The number of nitrogens with zero attached hydrogens (tertiary/aromatic N) is 2. The Bertz CT molecular complexity index is 539. The minimum absolute atomic E-state index is 0.133. The molecule has 0 radical (unpaired) electrons. The van der Waals surface area contributed by atoms with Gasteiger partial charge in [0.15, 0.2) is 0 Å². The Morgan fingerprint density at radius 2 is 2.10 bits per heavy atom. The van der Waals surface area contributed by atoms with E-state index in [4.69, 9.17) is 0 Å². The summed E-state index contributed by atoms with van der Waals surface area (Å²) in [5.41, 5.74) is 2.42. The summed E-state index contributed by atoms with van der Waals surface area (Å²) in [6.07, 6.45) is 2.61. The molecule has 1 amide bonds. The highest BCUT2D eigenvalue weighted by atomic mass is 16.2. The van der Waals surface area contributed by atoms with E-state index in [9.17, 15) is 4.79 Å². The summed E-state index contributed by atoms with van der Waals surface area (Å²) in [6.45, 7) is 6.89. The van der Waals surface area contributed by atoms with Crippen molar-refractivity contribution in [3.8, 4) is 11.8 Å². The first-order valence-corrected chi connectivity index (χ1v) is 7.62. The minimum Gasteiger partial charge on any atom is -0.371 e. The first-order valence-electron chi connectivity index (χ1n) is 7.62. The van der Waals surface area contributed by atoms with E-state index < -0.39 is 0 Å². The Morgan fingerprint density at radius 1 is 1.38 bits per heavy atom. The lowest BCUT2D eigenvalue weighted by atomic mass is 9.99. The average molecular weight is 284 g/mol. The van der Waals surface area contributed by atoms with Crippen molar-refractivity contribution in [2.24, 2.45) is 5.92 Å². The second-order valence-corrected chi connectivity index (χ2v) is 5.90. The molecule has 112 valence electrons. The molecule has 0 bridgehead atoms. The van der Waals surface area contributed by atoms with Gasteiger partial charge in [0, 0.05) is 32.4 Å². The van der Waals surface area contributed by atoms with E-state index >= 15 is 0 Å². The van der Waals surface area contributed by atoms with Crippen LogP contribution < -0.4 is 4.90 Å². The molecule has 1 fully saturated rings. The van der Waals surface area contributed by atoms with E-state index in [2.05, 4.69) is 47.9 Å². The number of benzene rings is 1. The van der Waals surface area contributed by atoms with E-state index in [0.29, 0.717) is 6.54 Å². The number of piperidine rings is 1. The lowest BCUT2D eigenvalue weighted by molar-refractivity contribution is -0.124. The van der Waals surface area contributed by atoms with Crippen molar-refractivity contribution in [1.29, 1.82) is 0 Å². The van der Waals surface area contributed by atoms with E-state index in [1.165, 1.54) is 18.5 Å². The normalized spacial score (nSPS) is 17.9. The third kappa shape index (κ3) is 4.26. The topological polar surface area (TPSA) is 23.6 Å². The molecular weight excluding hydrogens is 260 g/mol. The first kappa shape index (κ1) is 15.4. The van der Waals surface area contributed by atoms with Gasteiger partial charge >= 0.3 is 0 Å². The highest BCUT2D eigenvalue weighted by Gasteiger charge is 2.16. The van der Waals surface area contributed by atoms with Crippen LogP contribution in [-0.4, -0.2) is 30.9 Å². The van der Waals surface area contributed by atoms with Crippen molar-refractivity contribution in [3.05, 3.63) is 29.8 Å². The Kier molecular flexibility index (Phi) is 5.27. The molecule has 1 aliphatic heterocycles. The number of carbonyl (C=O) groups is 1. The van der Waals surface area contributed by atoms with Crippen LogP contribution in [0.5, 0.6) is 0 Å². The largest absolute Gasteiger partial charge is 0.371 e. The third-order valence-corrected chi connectivity index (χ3v) is 3.96. The third-order valence-electron chi connectivity index (χ3n) is 3.96. The fourth-order valence-corrected chi connectivity index (χ4v) is 2.78. The van der Waals surface area contributed by atoms with Gasteiger partial charge in [-0.05, 0) is 49.3 Å². The zero-order valence-corrected chi connectivity index (χ0v) is 13.2. The van der Waals surface area contributed by atoms with Gasteiger partial charge in [0.2, 0.25) is 0 Å². The number of rotatable bonds is 3. The van der Waals surface area contributed by atoms with Gasteiger partial charge in [-0.1, -0.05) is 25.0 Å². The average Bonchev–Trinajstić information content (AvgIpc) is 2.48. The van der Waals surface area contributed by atoms with Gasteiger partial charge in [-0.25, -0.2) is 0 Å². The number of hydrogen-bond donors (Lipinski definition) is 0. The Labute approximate surface area is 127 Å². The summed E-state index contributed by atoms with van der Waals surface area (Å²) in [4.78, 5) is 15.7. The molecule has 1 heterocycles. The zero-order valence-electron chi connectivity index (χ0n) is 13.2. The van der Waals surface area contributed by atoms with Gasteiger partial charge in [0.05, 0.1) is 0 Å². The minimum atomic E-state index is -0.133. The van der Waals surface area contributed by atoms with Gasteiger partial charge < -0.3 is 9.80 Å². The van der Waals surface area contributed by atoms with Gasteiger partial charge in [0.25, 0.3) is 5.91 Å². The van der Waals surface area contributed by atoms with E-state index in [1.807, 2.05) is 0 Å². The molecule has 1 aliphatic rings. The van der Waals surface area contributed by atoms with Gasteiger partial charge in [-0.3, -0.25) is 4.79 Å². The van der Waals surface area contributed by atoms with Crippen molar-refractivity contribution in [2.45, 2.75) is 33.2 Å². The zero-order chi connectivity index (χ0) is 15.2. The highest BCUT2D eigenvalue weighted by molar-refractivity contribution is 5.93. The monoisotopic (exact) mass is 284 g/mol. The SMILES string of the molecule is CC#CC(=O)N(C)Cc1ccc(N2CCCC(C)C2)cc1. The van der Waals surface area contributed by atoms with Crippen molar-refractivity contribution >= 4 is 11.6 Å². The molecule has 21 heavy (non-hydrogen) atoms. The molecule has 3 heteroatoms. The molecule has 2 rings (SSSR count). The molecule has 1 unspecified atom stereocenters. The summed E-state index contributed by atoms with van der Waals surface area (Å²) >= 11 is 0. The highest BCUT2D eigenvalue weighted by Crippen LogP contribution is 2.23. The van der Waals surface area contributed by atoms with Crippen LogP contribution >= 0.6 is 0 Å². The number of amides is 1. The number of anilines is 1. The van der Waals surface area contributed by atoms with Gasteiger partial charge in [-0.15, -0.1) is 0 Å². The lowest BCUT2D eigenvalue weighted by Crippen LogP contribution is -2.34. The summed E-state index contributed by atoms with van der Waals surface area (Å²) < 4.78 is 0. The van der Waals surface area contributed by atoms with Crippen LogP contribution in [-0.2, 0) is 11.3 Å². The molecule has 1 saturated heterocycles. The van der Waals surface area contributed by atoms with Crippen molar-refractivity contribution < 1.29 is 4.79 Å². The van der Waals surface area contributed by atoms with Crippen LogP contribution in [0.3, 0.4) is 0 Å². The Balaban J connectivity index is 1.98. The number of carbonyl (C=O) groups excluding carboxylic acids is 1. The molecule has 0 saturated carbocycles. The quantitative estimate of drug-likeness (QED) is 0.797. The lowest BCUT2D eigenvalue weighted by Gasteiger charge is -2.33. The fourth-order valence-electron chi connectivity index (χ4n) is 2.78. The molecule has 1 aromatic carbocycles. The van der Waals surface area contributed by atoms with Crippen molar-refractivity contribution in [2.75, 3.05) is 25.0 Å². The van der Waals surface area contributed by atoms with Gasteiger partial charge in [-0.2, -0.15) is 0 Å². The summed E-state index contributed by atoms with van der Waals surface area (Å²) in [7, 11) is 1.78. The Morgan fingerprint density at radius 3 is 2.71 bits per heavy atom. The predicted octanol–water partition coefficient (Wildman–Crippen LogP) is 2.90. The summed E-state index contributed by atoms with van der Waals surface area (Å²) in [5, 5.41) is 0. The summed E-state index contributed by atoms with van der Waals surface area (Å²) in [5.74, 6) is 5.84. The molecule has 1 atom stereocenters. The molecule has 0 spiro atoms. The smallest absolute Gasteiger partial charge is 0.298 e. The van der Waals surface area contributed by atoms with E-state index in [0.717, 1.165) is 24.6 Å². The van der Waals surface area contributed by atoms with Crippen LogP contribution in [0, 0.1) is 17.8 Å². The molecule has 0 N–H and O–H groups in total. The maximum atomic E-state index is 11.6. The standard InChI is InChI=1S/C18H24N2O/c1-4-6-18(21)19(3)14-16-8-10-17(11-9-16)20-12-5-7-15(2)13-20/h8-11,15H,5,7,12-14H2,1-3H3. The molecule has 0 aromatic heterocycles. The first-order chi connectivity index (χ1) is 10.1. The van der Waals surface area contributed by atoms with Crippen LogP contribution in [0.1, 0.15) is 32.3 Å².